The Bertz CT molecular complexity index is 789. The summed E-state index contributed by atoms with van der Waals surface area (Å²) in [5, 5.41) is 19.9. The number of nitrogens with one attached hydrogen (secondary N) is 1. The van der Waals surface area contributed by atoms with E-state index in [0.29, 0.717) is 5.56 Å². The molecule has 0 bridgehead atoms. The summed E-state index contributed by atoms with van der Waals surface area (Å²) < 4.78 is 0. The van der Waals surface area contributed by atoms with Crippen LogP contribution in [0.15, 0.2) is 52.5 Å². The Morgan fingerprint density at radius 2 is 2.04 bits per heavy atom. The lowest BCUT2D eigenvalue weighted by atomic mass is 9.94. The zero-order valence-electron chi connectivity index (χ0n) is 13.6. The lowest BCUT2D eigenvalue weighted by molar-refractivity contribution is 0.0720. The van der Waals surface area contributed by atoms with Crippen LogP contribution in [-0.2, 0) is 5.60 Å². The molecule has 2 aromatic heterocycles. The summed E-state index contributed by atoms with van der Waals surface area (Å²) in [5.74, 6) is -0.169. The van der Waals surface area contributed by atoms with Crippen molar-refractivity contribution in [3.63, 3.8) is 0 Å². The second-order valence-corrected chi connectivity index (χ2v) is 7.58. The molecule has 24 heavy (non-hydrogen) atoms. The van der Waals surface area contributed by atoms with Gasteiger partial charge in [0.25, 0.3) is 5.91 Å². The lowest BCUT2D eigenvalue weighted by Gasteiger charge is -2.27. The zero-order chi connectivity index (χ0) is 17.2. The van der Waals surface area contributed by atoms with Gasteiger partial charge in [-0.15, -0.1) is 11.3 Å². The predicted octanol–water partition coefficient (Wildman–Crippen LogP) is 4.09. The number of benzene rings is 1. The highest BCUT2D eigenvalue weighted by atomic mass is 32.1. The highest BCUT2D eigenvalue weighted by Gasteiger charge is 2.33. The fourth-order valence-corrected chi connectivity index (χ4v) is 4.29. The molecule has 124 valence electrons. The van der Waals surface area contributed by atoms with E-state index in [1.165, 1.54) is 22.7 Å². The minimum absolute atomic E-state index is 0.135. The van der Waals surface area contributed by atoms with E-state index in [2.05, 4.69) is 5.32 Å². The van der Waals surface area contributed by atoms with Gasteiger partial charge in [-0.1, -0.05) is 23.8 Å². The smallest absolute Gasteiger partial charge is 0.251 e. The summed E-state index contributed by atoms with van der Waals surface area (Å²) in [5.41, 5.74) is 2.29. The number of thiophene rings is 2. The monoisotopic (exact) mass is 357 g/mol. The fourth-order valence-electron chi connectivity index (χ4n) is 2.72. The molecule has 0 aliphatic heterocycles. The van der Waals surface area contributed by atoms with Crippen molar-refractivity contribution in [1.82, 2.24) is 5.32 Å². The number of hydrogen-bond donors (Lipinski definition) is 2. The highest BCUT2D eigenvalue weighted by molar-refractivity contribution is 7.10. The summed E-state index contributed by atoms with van der Waals surface area (Å²) in [6.45, 7) is 4.06. The van der Waals surface area contributed by atoms with Crippen LogP contribution in [0.25, 0.3) is 0 Å². The molecule has 5 heteroatoms. The summed E-state index contributed by atoms with van der Waals surface area (Å²) in [7, 11) is 0. The Morgan fingerprint density at radius 3 is 2.67 bits per heavy atom. The average Bonchev–Trinajstić information content (AvgIpc) is 3.25. The van der Waals surface area contributed by atoms with E-state index in [0.717, 1.165) is 21.6 Å². The largest absolute Gasteiger partial charge is 0.378 e. The number of aryl methyl sites for hydroxylation is 2. The van der Waals surface area contributed by atoms with Crippen LogP contribution in [0.4, 0.5) is 0 Å². The van der Waals surface area contributed by atoms with Crippen molar-refractivity contribution in [3.05, 3.63) is 79.7 Å². The third-order valence-electron chi connectivity index (χ3n) is 4.06. The van der Waals surface area contributed by atoms with Gasteiger partial charge in [0, 0.05) is 16.0 Å². The van der Waals surface area contributed by atoms with Crippen LogP contribution in [0.5, 0.6) is 0 Å². The van der Waals surface area contributed by atoms with Crippen molar-refractivity contribution in [2.45, 2.75) is 19.4 Å². The van der Waals surface area contributed by atoms with Crippen LogP contribution in [-0.4, -0.2) is 17.6 Å². The zero-order valence-corrected chi connectivity index (χ0v) is 15.2. The van der Waals surface area contributed by atoms with Crippen LogP contribution in [0, 0.1) is 13.8 Å². The molecule has 1 amide bonds. The fraction of sp³-hybridized carbons (Fsp3) is 0.211. The molecule has 0 aliphatic carbocycles. The summed E-state index contributed by atoms with van der Waals surface area (Å²) in [6.07, 6.45) is 0. The van der Waals surface area contributed by atoms with Crippen LogP contribution >= 0.6 is 22.7 Å². The topological polar surface area (TPSA) is 49.3 Å². The third-order valence-corrected chi connectivity index (χ3v) is 5.76. The van der Waals surface area contributed by atoms with Crippen LogP contribution in [0.3, 0.4) is 0 Å². The van der Waals surface area contributed by atoms with Crippen molar-refractivity contribution < 1.29 is 9.90 Å². The van der Waals surface area contributed by atoms with Crippen molar-refractivity contribution in [2.75, 3.05) is 6.54 Å². The molecule has 0 fully saturated rings. The van der Waals surface area contributed by atoms with Crippen molar-refractivity contribution in [1.29, 1.82) is 0 Å². The maximum Gasteiger partial charge on any atom is 0.251 e. The quantitative estimate of drug-likeness (QED) is 0.722. The number of carbonyl (C=O) groups is 1. The first-order valence-corrected chi connectivity index (χ1v) is 9.47. The molecule has 0 radical (unpaired) electrons. The van der Waals surface area contributed by atoms with Gasteiger partial charge in [0.15, 0.2) is 0 Å². The molecule has 2 heterocycles. The van der Waals surface area contributed by atoms with E-state index in [9.17, 15) is 9.90 Å². The Kier molecular flexibility index (Phi) is 4.85. The van der Waals surface area contributed by atoms with Gasteiger partial charge in [-0.2, -0.15) is 11.3 Å². The minimum Gasteiger partial charge on any atom is -0.378 e. The average molecular weight is 358 g/mol. The van der Waals surface area contributed by atoms with Crippen LogP contribution in [0.2, 0.25) is 0 Å². The predicted molar refractivity (Wildman–Crippen MR) is 99.9 cm³/mol. The number of amides is 1. The molecular formula is C19H19NO2S2. The van der Waals surface area contributed by atoms with E-state index in [4.69, 9.17) is 0 Å². The van der Waals surface area contributed by atoms with Gasteiger partial charge < -0.3 is 10.4 Å². The third kappa shape index (κ3) is 3.29. The molecule has 3 aromatic rings. The Hall–Kier alpha value is -1.95. The molecule has 0 saturated heterocycles. The normalized spacial score (nSPS) is 13.5. The standard InChI is InChI=1S/C19H19NO2S2/c1-13-5-6-16(14(2)10-13)18(21)20-12-19(22,15-7-9-23-11-15)17-4-3-8-24-17/h3-11,22H,12H2,1-2H3,(H,20,21). The Morgan fingerprint density at radius 1 is 1.21 bits per heavy atom. The van der Waals surface area contributed by atoms with Crippen molar-refractivity contribution in [2.24, 2.45) is 0 Å². The van der Waals surface area contributed by atoms with Gasteiger partial charge in [0.05, 0.1) is 6.54 Å². The van der Waals surface area contributed by atoms with Crippen LogP contribution in [0.1, 0.15) is 31.9 Å². The Labute approximate surface area is 149 Å². The van der Waals surface area contributed by atoms with Crippen molar-refractivity contribution in [3.8, 4) is 0 Å². The second kappa shape index (κ2) is 6.89. The first kappa shape index (κ1) is 16.9. The molecule has 3 nitrogen and oxygen atoms in total. The first-order chi connectivity index (χ1) is 11.5. The number of hydrogen-bond acceptors (Lipinski definition) is 4. The van der Waals surface area contributed by atoms with Crippen LogP contribution < -0.4 is 5.32 Å². The molecule has 1 atom stereocenters. The van der Waals surface area contributed by atoms with E-state index < -0.39 is 5.60 Å². The summed E-state index contributed by atoms with van der Waals surface area (Å²) >= 11 is 3.01. The molecule has 1 unspecified atom stereocenters. The van der Waals surface area contributed by atoms with Gasteiger partial charge in [-0.25, -0.2) is 0 Å². The number of rotatable bonds is 5. The van der Waals surface area contributed by atoms with Gasteiger partial charge in [-0.3, -0.25) is 4.79 Å². The molecule has 2 N–H and O–H groups in total. The molecule has 0 spiro atoms. The molecule has 0 saturated carbocycles. The first-order valence-electron chi connectivity index (χ1n) is 7.65. The van der Waals surface area contributed by atoms with E-state index in [1.807, 2.05) is 66.4 Å². The lowest BCUT2D eigenvalue weighted by Crippen LogP contribution is -2.41. The Balaban J connectivity index is 1.83. The maximum absolute atomic E-state index is 12.5. The van der Waals surface area contributed by atoms with E-state index >= 15 is 0 Å². The maximum atomic E-state index is 12.5. The molecular weight excluding hydrogens is 338 g/mol. The number of aliphatic hydroxyl groups is 1. The minimum atomic E-state index is -1.21. The van der Waals surface area contributed by atoms with Gasteiger partial charge >= 0.3 is 0 Å². The number of carbonyl (C=O) groups excluding carboxylic acids is 1. The molecule has 1 aromatic carbocycles. The summed E-state index contributed by atoms with van der Waals surface area (Å²) in [4.78, 5) is 13.4. The van der Waals surface area contributed by atoms with E-state index in [-0.39, 0.29) is 12.5 Å². The summed E-state index contributed by atoms with van der Waals surface area (Å²) in [6, 6.07) is 11.4. The van der Waals surface area contributed by atoms with E-state index in [1.54, 1.807) is 0 Å². The molecule has 3 rings (SSSR count). The highest BCUT2D eigenvalue weighted by Crippen LogP contribution is 2.33. The van der Waals surface area contributed by atoms with Gasteiger partial charge in [0.1, 0.15) is 5.60 Å². The second-order valence-electron chi connectivity index (χ2n) is 5.85. The van der Waals surface area contributed by atoms with Gasteiger partial charge in [-0.05, 0) is 53.8 Å². The van der Waals surface area contributed by atoms with Gasteiger partial charge in [0.2, 0.25) is 0 Å². The SMILES string of the molecule is Cc1ccc(C(=O)NCC(O)(c2ccsc2)c2cccs2)c(C)c1. The molecule has 0 aliphatic rings. The van der Waals surface area contributed by atoms with Crippen molar-refractivity contribution >= 4 is 28.6 Å².